The molecule has 0 bridgehead atoms. The van der Waals surface area contributed by atoms with Gasteiger partial charge in [0.15, 0.2) is 11.7 Å². The van der Waals surface area contributed by atoms with Gasteiger partial charge in [-0.2, -0.15) is 0 Å². The second-order valence-electron chi connectivity index (χ2n) is 10.4. The van der Waals surface area contributed by atoms with Crippen molar-refractivity contribution in [3.05, 3.63) is 96.3 Å². The van der Waals surface area contributed by atoms with Gasteiger partial charge in [0.25, 0.3) is 0 Å². The van der Waals surface area contributed by atoms with Gasteiger partial charge >= 0.3 is 0 Å². The zero-order valence-corrected chi connectivity index (χ0v) is 24.8. The fourth-order valence-electron chi connectivity index (χ4n) is 4.69. The van der Waals surface area contributed by atoms with Crippen LogP contribution in [0, 0.1) is 17.5 Å². The topological polar surface area (TPSA) is 88.3 Å². The maximum Gasteiger partial charge on any atom is 0.227 e. The van der Waals surface area contributed by atoms with E-state index >= 15 is 0 Å². The van der Waals surface area contributed by atoms with Crippen LogP contribution in [-0.4, -0.2) is 41.3 Å². The molecule has 0 saturated carbocycles. The molecule has 1 fully saturated rings. The maximum atomic E-state index is 15.0. The molecule has 0 spiro atoms. The van der Waals surface area contributed by atoms with Gasteiger partial charge in [-0.25, -0.2) is 28.1 Å². The molecule has 1 aliphatic heterocycles. The van der Waals surface area contributed by atoms with Crippen LogP contribution >= 0.6 is 11.9 Å². The number of oxazole rings is 1. The van der Waals surface area contributed by atoms with Crippen LogP contribution < -0.4 is 14.9 Å². The molecule has 12 heteroatoms. The molecule has 2 aromatic heterocycles. The molecule has 8 nitrogen and oxygen atoms in total. The molecule has 0 aliphatic carbocycles. The molecule has 6 rings (SSSR count). The summed E-state index contributed by atoms with van der Waals surface area (Å²) in [5, 5.41) is 3.08. The molecular formula is C32H29F3N6O2S. The fraction of sp³-hybridized carbons (Fsp3) is 0.219. The van der Waals surface area contributed by atoms with Gasteiger partial charge in [-0.3, -0.25) is 0 Å². The lowest BCUT2D eigenvalue weighted by Crippen LogP contribution is -2.36. The Kier molecular flexibility index (Phi) is 8.71. The Bertz CT molecular complexity index is 1760. The van der Waals surface area contributed by atoms with Crippen LogP contribution in [0.25, 0.3) is 22.7 Å². The zero-order valence-electron chi connectivity index (χ0n) is 24.0. The average molecular weight is 619 g/mol. The van der Waals surface area contributed by atoms with E-state index in [0.29, 0.717) is 72.0 Å². The summed E-state index contributed by atoms with van der Waals surface area (Å²) < 4.78 is 57.8. The molecule has 3 aromatic carbocycles. The monoisotopic (exact) mass is 618 g/mol. The van der Waals surface area contributed by atoms with Gasteiger partial charge in [0.1, 0.15) is 28.8 Å². The van der Waals surface area contributed by atoms with Crippen molar-refractivity contribution in [2.45, 2.75) is 24.7 Å². The first-order valence-corrected chi connectivity index (χ1v) is 14.9. The van der Waals surface area contributed by atoms with E-state index in [-0.39, 0.29) is 22.6 Å². The van der Waals surface area contributed by atoms with Gasteiger partial charge in [-0.1, -0.05) is 32.0 Å². The third-order valence-electron chi connectivity index (χ3n) is 6.91. The molecule has 44 heavy (non-hydrogen) atoms. The van der Waals surface area contributed by atoms with Gasteiger partial charge in [0, 0.05) is 42.1 Å². The minimum Gasteiger partial charge on any atom is -0.438 e. The minimum atomic E-state index is -0.650. The van der Waals surface area contributed by atoms with Gasteiger partial charge in [-0.15, -0.1) is 0 Å². The Morgan fingerprint density at radius 1 is 0.864 bits per heavy atom. The number of aromatic nitrogens is 3. The number of anilines is 4. The van der Waals surface area contributed by atoms with Crippen LogP contribution in [0.5, 0.6) is 0 Å². The molecule has 5 aromatic rings. The van der Waals surface area contributed by atoms with Crippen molar-refractivity contribution in [2.75, 3.05) is 41.2 Å². The first-order valence-electron chi connectivity index (χ1n) is 14.1. The van der Waals surface area contributed by atoms with Crippen molar-refractivity contribution in [1.82, 2.24) is 15.0 Å². The third-order valence-corrected chi connectivity index (χ3v) is 7.84. The van der Waals surface area contributed by atoms with Crippen molar-refractivity contribution < 1.29 is 22.3 Å². The minimum absolute atomic E-state index is 0.00390. The Labute approximate surface area is 256 Å². The van der Waals surface area contributed by atoms with Crippen LogP contribution in [0.4, 0.5) is 36.2 Å². The number of hydrogen-bond donors (Lipinski definition) is 2. The van der Waals surface area contributed by atoms with Crippen molar-refractivity contribution in [2.24, 2.45) is 0 Å². The summed E-state index contributed by atoms with van der Waals surface area (Å²) in [5.74, 6) is -0.450. The summed E-state index contributed by atoms with van der Waals surface area (Å²) in [6.07, 6.45) is 1.59. The van der Waals surface area contributed by atoms with Gasteiger partial charge in [-0.05, 0) is 60.5 Å². The zero-order chi connectivity index (χ0) is 30.6. The summed E-state index contributed by atoms with van der Waals surface area (Å²) in [6.45, 7) is 6.34. The van der Waals surface area contributed by atoms with Crippen molar-refractivity contribution in [3.8, 4) is 22.7 Å². The smallest absolute Gasteiger partial charge is 0.227 e. The molecular weight excluding hydrogens is 589 g/mol. The number of rotatable bonds is 9. The van der Waals surface area contributed by atoms with E-state index in [1.54, 1.807) is 30.5 Å². The standard InChI is InChI=1S/C32H29F3N6O2S/c1-19(2)31-39-28(20-5-3-6-22(17-20)40-44-30-23(33)7-4-8-24(30)34)29(43-31)26-11-12-36-32(38-26)37-21-9-10-27(25(35)18-21)41-13-15-42-16-14-41/h3-12,17-19,40H,13-16H2,1-2H3,(H,36,37,38). The molecule has 0 atom stereocenters. The van der Waals surface area contributed by atoms with Crippen LogP contribution in [0.1, 0.15) is 25.7 Å². The van der Waals surface area contributed by atoms with Gasteiger partial charge in [0.05, 0.1) is 23.8 Å². The highest BCUT2D eigenvalue weighted by molar-refractivity contribution is 8.00. The third kappa shape index (κ3) is 6.51. The number of halogens is 3. The van der Waals surface area contributed by atoms with E-state index < -0.39 is 11.6 Å². The van der Waals surface area contributed by atoms with E-state index in [1.165, 1.54) is 24.3 Å². The molecule has 3 heterocycles. The molecule has 226 valence electrons. The number of ether oxygens (including phenoxy) is 1. The van der Waals surface area contributed by atoms with Crippen LogP contribution in [0.3, 0.4) is 0 Å². The Balaban J connectivity index is 1.26. The van der Waals surface area contributed by atoms with E-state index in [0.717, 1.165) is 11.9 Å². The second-order valence-corrected chi connectivity index (χ2v) is 11.2. The Morgan fingerprint density at radius 3 is 2.39 bits per heavy atom. The number of morpholine rings is 1. The lowest BCUT2D eigenvalue weighted by atomic mass is 10.1. The Hall–Kier alpha value is -4.55. The molecule has 2 N–H and O–H groups in total. The van der Waals surface area contributed by atoms with Crippen molar-refractivity contribution >= 4 is 35.0 Å². The highest BCUT2D eigenvalue weighted by Crippen LogP contribution is 2.36. The van der Waals surface area contributed by atoms with E-state index in [4.69, 9.17) is 14.1 Å². The van der Waals surface area contributed by atoms with Gasteiger partial charge in [0.2, 0.25) is 5.95 Å². The Morgan fingerprint density at radius 2 is 1.64 bits per heavy atom. The summed E-state index contributed by atoms with van der Waals surface area (Å²) in [7, 11) is 0. The summed E-state index contributed by atoms with van der Waals surface area (Å²) in [5.41, 5.74) is 3.37. The van der Waals surface area contributed by atoms with Crippen LogP contribution in [-0.2, 0) is 4.74 Å². The second kappa shape index (κ2) is 13.0. The normalized spacial score (nSPS) is 13.4. The number of nitrogens with zero attached hydrogens (tertiary/aromatic N) is 4. The quantitative estimate of drug-likeness (QED) is 0.159. The lowest BCUT2D eigenvalue weighted by molar-refractivity contribution is 0.122. The van der Waals surface area contributed by atoms with Crippen LogP contribution in [0.15, 0.2) is 82.2 Å². The molecule has 0 radical (unpaired) electrons. The summed E-state index contributed by atoms with van der Waals surface area (Å²) >= 11 is 0.846. The first-order chi connectivity index (χ1) is 21.4. The summed E-state index contributed by atoms with van der Waals surface area (Å²) in [4.78, 5) is 15.6. The molecule has 1 saturated heterocycles. The number of nitrogens with one attached hydrogen (secondary N) is 2. The molecule has 0 unspecified atom stereocenters. The van der Waals surface area contributed by atoms with E-state index in [2.05, 4.69) is 20.0 Å². The largest absolute Gasteiger partial charge is 0.438 e. The SMILES string of the molecule is CC(C)c1nc(-c2cccc(NSc3c(F)cccc3F)c2)c(-c2ccnc(Nc3ccc(N4CCOCC4)c(F)c3)n2)o1. The van der Waals surface area contributed by atoms with Crippen LogP contribution in [0.2, 0.25) is 0 Å². The maximum absolute atomic E-state index is 15.0. The lowest BCUT2D eigenvalue weighted by Gasteiger charge is -2.29. The number of hydrogen-bond acceptors (Lipinski definition) is 9. The predicted octanol–water partition coefficient (Wildman–Crippen LogP) is 8.04. The highest BCUT2D eigenvalue weighted by atomic mass is 32.2. The van der Waals surface area contributed by atoms with Crippen molar-refractivity contribution in [3.63, 3.8) is 0 Å². The van der Waals surface area contributed by atoms with Crippen molar-refractivity contribution in [1.29, 1.82) is 0 Å². The molecule has 1 aliphatic rings. The van der Waals surface area contributed by atoms with Gasteiger partial charge < -0.3 is 24.1 Å². The molecule has 0 amide bonds. The summed E-state index contributed by atoms with van der Waals surface area (Å²) in [6, 6.07) is 17.7. The highest BCUT2D eigenvalue weighted by Gasteiger charge is 2.21. The van der Waals surface area contributed by atoms with E-state index in [9.17, 15) is 13.2 Å². The first kappa shape index (κ1) is 29.5. The number of benzene rings is 3. The average Bonchev–Trinajstić information content (AvgIpc) is 3.48. The predicted molar refractivity (Wildman–Crippen MR) is 166 cm³/mol. The fourth-order valence-corrected chi connectivity index (χ4v) is 5.37. The van der Waals surface area contributed by atoms with E-state index in [1.807, 2.05) is 36.9 Å².